The van der Waals surface area contributed by atoms with E-state index in [0.29, 0.717) is 12.5 Å². The number of methoxy groups -OCH3 is 1. The maximum atomic E-state index is 5.15. The average molecular weight is 341 g/mol. The van der Waals surface area contributed by atoms with Gasteiger partial charge in [-0.15, -0.1) is 11.3 Å². The van der Waals surface area contributed by atoms with E-state index in [9.17, 15) is 0 Å². The van der Waals surface area contributed by atoms with Crippen molar-refractivity contribution in [2.75, 3.05) is 25.1 Å². The highest BCUT2D eigenvalue weighted by atomic mass is 32.1. The quantitative estimate of drug-likeness (QED) is 0.727. The molecule has 0 radical (unpaired) electrons. The van der Waals surface area contributed by atoms with Gasteiger partial charge in [-0.25, -0.2) is 19.9 Å². The van der Waals surface area contributed by atoms with Gasteiger partial charge in [-0.05, 0) is 30.4 Å². The number of nitrogens with zero attached hydrogens (tertiary/aromatic N) is 5. The normalized spacial score (nSPS) is 18.2. The summed E-state index contributed by atoms with van der Waals surface area (Å²) in [5, 5.41) is 3.22. The van der Waals surface area contributed by atoms with Crippen LogP contribution in [0.1, 0.15) is 30.3 Å². The second-order valence-corrected chi connectivity index (χ2v) is 6.85. The van der Waals surface area contributed by atoms with Crippen LogP contribution in [0.4, 0.5) is 5.82 Å². The predicted molar refractivity (Wildman–Crippen MR) is 94.3 cm³/mol. The first kappa shape index (κ1) is 15.4. The van der Waals surface area contributed by atoms with E-state index in [1.54, 1.807) is 24.8 Å². The zero-order chi connectivity index (χ0) is 16.4. The summed E-state index contributed by atoms with van der Waals surface area (Å²) in [5.74, 6) is 2.17. The highest BCUT2D eigenvalue weighted by Gasteiger charge is 2.25. The summed E-state index contributed by atoms with van der Waals surface area (Å²) >= 11 is 1.66. The van der Waals surface area contributed by atoms with Crippen molar-refractivity contribution in [2.45, 2.75) is 25.4 Å². The molecule has 1 fully saturated rings. The summed E-state index contributed by atoms with van der Waals surface area (Å²) in [6, 6.07) is 4.13. The lowest BCUT2D eigenvalue weighted by molar-refractivity contribution is 0.177. The van der Waals surface area contributed by atoms with E-state index in [2.05, 4.69) is 36.3 Å². The first-order valence-corrected chi connectivity index (χ1v) is 8.97. The van der Waals surface area contributed by atoms with Crippen molar-refractivity contribution in [3.05, 3.63) is 41.6 Å². The van der Waals surface area contributed by atoms with Crippen molar-refractivity contribution in [3.8, 4) is 0 Å². The van der Waals surface area contributed by atoms with Crippen molar-refractivity contribution in [1.29, 1.82) is 0 Å². The smallest absolute Gasteiger partial charge is 0.154 e. The average Bonchev–Trinajstić information content (AvgIpc) is 3.11. The van der Waals surface area contributed by atoms with Crippen LogP contribution in [0.15, 0.2) is 30.0 Å². The summed E-state index contributed by atoms with van der Waals surface area (Å²) in [5.41, 5.74) is 1.09. The molecule has 0 aromatic carbocycles. The third kappa shape index (κ3) is 2.97. The molecule has 3 aromatic heterocycles. The van der Waals surface area contributed by atoms with Gasteiger partial charge in [-0.1, -0.05) is 0 Å². The number of anilines is 1. The largest absolute Gasteiger partial charge is 0.377 e. The molecule has 1 atom stereocenters. The molecule has 4 heterocycles. The van der Waals surface area contributed by atoms with Crippen molar-refractivity contribution >= 4 is 27.4 Å². The molecule has 1 aliphatic heterocycles. The van der Waals surface area contributed by atoms with Gasteiger partial charge in [-0.3, -0.25) is 0 Å². The van der Waals surface area contributed by atoms with Gasteiger partial charge in [0.1, 0.15) is 23.6 Å². The first-order valence-electron chi connectivity index (χ1n) is 8.09. The molecule has 0 saturated carbocycles. The fourth-order valence-corrected chi connectivity index (χ4v) is 4.01. The highest BCUT2D eigenvalue weighted by Crippen LogP contribution is 2.32. The van der Waals surface area contributed by atoms with E-state index >= 15 is 0 Å². The summed E-state index contributed by atoms with van der Waals surface area (Å²) in [7, 11) is 1.67. The van der Waals surface area contributed by atoms with Crippen LogP contribution in [0.3, 0.4) is 0 Å². The minimum Gasteiger partial charge on any atom is -0.377 e. The summed E-state index contributed by atoms with van der Waals surface area (Å²) in [6.07, 6.45) is 5.76. The molecule has 7 heteroatoms. The number of thiophene rings is 1. The SMILES string of the molecule is COCc1nccc([C@@H]2CCCN(c3ncnc4sccc34)C2)n1. The van der Waals surface area contributed by atoms with Crippen LogP contribution >= 0.6 is 11.3 Å². The molecule has 0 aliphatic carbocycles. The van der Waals surface area contributed by atoms with Crippen molar-refractivity contribution < 1.29 is 4.74 Å². The molecule has 0 bridgehead atoms. The van der Waals surface area contributed by atoms with E-state index in [1.807, 2.05) is 12.3 Å². The number of rotatable bonds is 4. The van der Waals surface area contributed by atoms with E-state index < -0.39 is 0 Å². The van der Waals surface area contributed by atoms with Crippen LogP contribution in [-0.2, 0) is 11.3 Å². The Morgan fingerprint density at radius 1 is 1.29 bits per heavy atom. The van der Waals surface area contributed by atoms with Crippen molar-refractivity contribution in [3.63, 3.8) is 0 Å². The van der Waals surface area contributed by atoms with Crippen LogP contribution in [-0.4, -0.2) is 40.1 Å². The number of ether oxygens (including phenoxy) is 1. The van der Waals surface area contributed by atoms with E-state index in [-0.39, 0.29) is 0 Å². The van der Waals surface area contributed by atoms with Gasteiger partial charge >= 0.3 is 0 Å². The van der Waals surface area contributed by atoms with E-state index in [1.165, 1.54) is 0 Å². The van der Waals surface area contributed by atoms with Crippen molar-refractivity contribution in [1.82, 2.24) is 19.9 Å². The Hall–Kier alpha value is -2.12. The standard InChI is InChI=1S/C17H19N5OS/c1-23-10-15-18-6-4-14(21-15)12-3-2-7-22(9-12)16-13-5-8-24-17(13)20-11-19-16/h4-6,8,11-12H,2-3,7,9-10H2,1H3/t12-/m1/s1. The highest BCUT2D eigenvalue weighted by molar-refractivity contribution is 7.16. The second kappa shape index (κ2) is 6.78. The van der Waals surface area contributed by atoms with Crippen LogP contribution in [0.25, 0.3) is 10.2 Å². The third-order valence-electron chi connectivity index (χ3n) is 4.38. The van der Waals surface area contributed by atoms with Gasteiger partial charge in [-0.2, -0.15) is 0 Å². The first-order chi connectivity index (χ1) is 11.8. The molecule has 124 valence electrons. The number of piperidine rings is 1. The van der Waals surface area contributed by atoms with Gasteiger partial charge in [0.2, 0.25) is 0 Å². The number of fused-ring (bicyclic) bond motifs is 1. The van der Waals surface area contributed by atoms with Gasteiger partial charge < -0.3 is 9.64 Å². The Balaban J connectivity index is 1.60. The third-order valence-corrected chi connectivity index (χ3v) is 5.20. The molecular weight excluding hydrogens is 322 g/mol. The molecule has 24 heavy (non-hydrogen) atoms. The van der Waals surface area contributed by atoms with Crippen LogP contribution in [0.5, 0.6) is 0 Å². The van der Waals surface area contributed by atoms with Gasteiger partial charge in [0.25, 0.3) is 0 Å². The molecule has 0 unspecified atom stereocenters. The Labute approximate surface area is 144 Å². The van der Waals surface area contributed by atoms with E-state index in [4.69, 9.17) is 4.74 Å². The summed E-state index contributed by atoms with van der Waals surface area (Å²) in [4.78, 5) is 21.2. The molecule has 0 amide bonds. The lowest BCUT2D eigenvalue weighted by atomic mass is 9.94. The summed E-state index contributed by atoms with van der Waals surface area (Å²) in [6.45, 7) is 2.39. The molecule has 0 spiro atoms. The van der Waals surface area contributed by atoms with Gasteiger partial charge in [0, 0.05) is 38.0 Å². The van der Waals surface area contributed by atoms with E-state index in [0.717, 1.165) is 53.5 Å². The summed E-state index contributed by atoms with van der Waals surface area (Å²) < 4.78 is 5.15. The second-order valence-electron chi connectivity index (χ2n) is 5.95. The lowest BCUT2D eigenvalue weighted by Crippen LogP contribution is -2.35. The molecule has 4 rings (SSSR count). The Kier molecular flexibility index (Phi) is 4.36. The predicted octanol–water partition coefficient (Wildman–Crippen LogP) is 3.01. The van der Waals surface area contributed by atoms with Gasteiger partial charge in [0.15, 0.2) is 5.82 Å². The minimum absolute atomic E-state index is 0.390. The van der Waals surface area contributed by atoms with Crippen LogP contribution in [0, 0.1) is 0 Å². The zero-order valence-electron chi connectivity index (χ0n) is 13.6. The maximum absolute atomic E-state index is 5.15. The molecule has 1 saturated heterocycles. The lowest BCUT2D eigenvalue weighted by Gasteiger charge is -2.33. The van der Waals surface area contributed by atoms with Crippen LogP contribution in [0.2, 0.25) is 0 Å². The number of hydrogen-bond donors (Lipinski definition) is 0. The molecular formula is C17H19N5OS. The number of hydrogen-bond acceptors (Lipinski definition) is 7. The Bertz CT molecular complexity index is 836. The molecule has 0 N–H and O–H groups in total. The monoisotopic (exact) mass is 341 g/mol. The minimum atomic E-state index is 0.390. The Morgan fingerprint density at radius 2 is 2.25 bits per heavy atom. The topological polar surface area (TPSA) is 64.0 Å². The fourth-order valence-electron chi connectivity index (χ4n) is 3.28. The Morgan fingerprint density at radius 3 is 3.17 bits per heavy atom. The fraction of sp³-hybridized carbons (Fsp3) is 0.412. The molecule has 3 aromatic rings. The van der Waals surface area contributed by atoms with Crippen molar-refractivity contribution in [2.24, 2.45) is 0 Å². The molecule has 6 nitrogen and oxygen atoms in total. The number of aromatic nitrogens is 4. The maximum Gasteiger partial charge on any atom is 0.154 e. The van der Waals surface area contributed by atoms with Gasteiger partial charge in [0.05, 0.1) is 5.39 Å². The molecule has 1 aliphatic rings. The van der Waals surface area contributed by atoms with Crippen LogP contribution < -0.4 is 4.90 Å². The zero-order valence-corrected chi connectivity index (χ0v) is 14.4.